The van der Waals surface area contributed by atoms with E-state index in [-0.39, 0.29) is 0 Å². The maximum atomic E-state index is 2.48. The summed E-state index contributed by atoms with van der Waals surface area (Å²) >= 11 is 0. The zero-order valence-corrected chi connectivity index (χ0v) is 26.2. The summed E-state index contributed by atoms with van der Waals surface area (Å²) in [7, 11) is 0. The zero-order chi connectivity index (χ0) is 30.6. The van der Waals surface area contributed by atoms with Crippen molar-refractivity contribution < 1.29 is 0 Å². The average molecular weight is 585 g/mol. The van der Waals surface area contributed by atoms with Crippen molar-refractivity contribution in [1.82, 2.24) is 4.57 Å². The Balaban J connectivity index is 1.37. The van der Waals surface area contributed by atoms with E-state index in [1.54, 1.807) is 0 Å². The van der Waals surface area contributed by atoms with Gasteiger partial charge < -0.3 is 9.47 Å². The smallest absolute Gasteiger partial charge is 0.0541 e. The molecule has 0 N–H and O–H groups in total. The molecule has 1 aromatic heterocycles. The highest BCUT2D eigenvalue weighted by molar-refractivity contribution is 6.10. The zero-order valence-electron chi connectivity index (χ0n) is 26.2. The maximum Gasteiger partial charge on any atom is 0.0541 e. The van der Waals surface area contributed by atoms with Crippen molar-refractivity contribution in [3.63, 3.8) is 0 Å². The Morgan fingerprint density at radius 3 is 1.69 bits per heavy atom. The summed E-state index contributed by atoms with van der Waals surface area (Å²) in [5, 5.41) is 2.63. The third-order valence-electron chi connectivity index (χ3n) is 9.16. The number of benzene rings is 6. The van der Waals surface area contributed by atoms with Crippen LogP contribution >= 0.6 is 0 Å². The van der Waals surface area contributed by atoms with Gasteiger partial charge in [0, 0.05) is 33.5 Å². The molecule has 0 fully saturated rings. The Hall–Kier alpha value is -5.08. The summed E-state index contributed by atoms with van der Waals surface area (Å²) in [4.78, 5) is 2.31. The third kappa shape index (κ3) is 5.65. The minimum absolute atomic E-state index is 0.589. The molecular weight excluding hydrogens is 544 g/mol. The molecule has 2 nitrogen and oxygen atoms in total. The minimum atomic E-state index is 0.589. The number of fused-ring (bicyclic) bond motifs is 3. The molecule has 0 aliphatic carbocycles. The molecule has 0 radical (unpaired) electrons. The second-order valence-electron chi connectivity index (χ2n) is 12.0. The number of hydrogen-bond donors (Lipinski definition) is 0. The van der Waals surface area contributed by atoms with Gasteiger partial charge in [0.1, 0.15) is 0 Å². The number of aromatic nitrogens is 1. The molecule has 0 bridgehead atoms. The highest BCUT2D eigenvalue weighted by Gasteiger charge is 2.18. The molecule has 0 saturated carbocycles. The van der Waals surface area contributed by atoms with E-state index in [1.807, 2.05) is 0 Å². The molecule has 0 aliphatic rings. The van der Waals surface area contributed by atoms with Crippen molar-refractivity contribution in [2.75, 3.05) is 4.90 Å². The molecule has 7 rings (SSSR count). The van der Waals surface area contributed by atoms with Gasteiger partial charge in [0.15, 0.2) is 0 Å². The van der Waals surface area contributed by atoms with E-state index in [4.69, 9.17) is 0 Å². The van der Waals surface area contributed by atoms with Crippen LogP contribution < -0.4 is 4.90 Å². The number of unbranched alkanes of at least 4 members (excludes halogenated alkanes) is 1. The predicted molar refractivity (Wildman–Crippen MR) is 193 cm³/mol. The van der Waals surface area contributed by atoms with Gasteiger partial charge >= 0.3 is 0 Å². The Morgan fingerprint density at radius 1 is 0.533 bits per heavy atom. The van der Waals surface area contributed by atoms with Gasteiger partial charge in [-0.05, 0) is 108 Å². The topological polar surface area (TPSA) is 8.17 Å². The predicted octanol–water partition coefficient (Wildman–Crippen LogP) is 12.6. The first-order valence-corrected chi connectivity index (χ1v) is 16.4. The van der Waals surface area contributed by atoms with Crippen LogP contribution in [-0.2, 0) is 0 Å². The normalized spacial score (nSPS) is 12.0. The number of para-hydroxylation sites is 2. The second-order valence-corrected chi connectivity index (χ2v) is 12.0. The number of nitrogens with zero attached hydrogens (tertiary/aromatic N) is 2. The van der Waals surface area contributed by atoms with E-state index in [0.717, 1.165) is 22.7 Å². The molecule has 0 spiro atoms. The summed E-state index contributed by atoms with van der Waals surface area (Å²) in [5.41, 5.74) is 11.0. The van der Waals surface area contributed by atoms with Gasteiger partial charge in [0.25, 0.3) is 0 Å². The van der Waals surface area contributed by atoms with E-state index in [1.165, 1.54) is 64.2 Å². The SMILES string of the molecule is CCCCC(CC)c1ccc2c(c1)c1cc(-c3ccccc3)ccc1n2-c1ccc(N(c2ccccc2)c2ccccc2)cc1. The average Bonchev–Trinajstić information content (AvgIpc) is 3.43. The fourth-order valence-corrected chi connectivity index (χ4v) is 6.79. The van der Waals surface area contributed by atoms with Crippen LogP contribution in [0.25, 0.3) is 38.6 Å². The van der Waals surface area contributed by atoms with Crippen molar-refractivity contribution in [1.29, 1.82) is 0 Å². The van der Waals surface area contributed by atoms with Crippen molar-refractivity contribution in [2.24, 2.45) is 0 Å². The van der Waals surface area contributed by atoms with Gasteiger partial charge in [-0.25, -0.2) is 0 Å². The molecule has 222 valence electrons. The fourth-order valence-electron chi connectivity index (χ4n) is 6.79. The van der Waals surface area contributed by atoms with Crippen LogP contribution in [0.15, 0.2) is 152 Å². The van der Waals surface area contributed by atoms with Gasteiger partial charge in [-0.1, -0.05) is 106 Å². The molecule has 0 aliphatic heterocycles. The first-order chi connectivity index (χ1) is 22.2. The first kappa shape index (κ1) is 28.7. The summed E-state index contributed by atoms with van der Waals surface area (Å²) in [5.74, 6) is 0.589. The van der Waals surface area contributed by atoms with E-state index in [2.05, 4.69) is 175 Å². The van der Waals surface area contributed by atoms with Crippen molar-refractivity contribution in [3.8, 4) is 16.8 Å². The van der Waals surface area contributed by atoms with Crippen molar-refractivity contribution >= 4 is 38.9 Å². The molecule has 1 heterocycles. The number of rotatable bonds is 10. The van der Waals surface area contributed by atoms with Crippen LogP contribution in [0.1, 0.15) is 51.0 Å². The highest BCUT2D eigenvalue weighted by Crippen LogP contribution is 2.39. The van der Waals surface area contributed by atoms with Crippen LogP contribution in [0, 0.1) is 0 Å². The Kier molecular flexibility index (Phi) is 8.21. The van der Waals surface area contributed by atoms with E-state index >= 15 is 0 Å². The van der Waals surface area contributed by atoms with Crippen LogP contribution in [0.2, 0.25) is 0 Å². The first-order valence-electron chi connectivity index (χ1n) is 16.4. The summed E-state index contributed by atoms with van der Waals surface area (Å²) < 4.78 is 2.44. The maximum absolute atomic E-state index is 2.48. The summed E-state index contributed by atoms with van der Waals surface area (Å²) in [6, 6.07) is 55.1. The minimum Gasteiger partial charge on any atom is -0.311 e. The lowest BCUT2D eigenvalue weighted by molar-refractivity contribution is 0.570. The molecule has 7 aromatic rings. The Bertz CT molecular complexity index is 1970. The lowest BCUT2D eigenvalue weighted by Gasteiger charge is -2.25. The van der Waals surface area contributed by atoms with Gasteiger partial charge in [-0.15, -0.1) is 0 Å². The van der Waals surface area contributed by atoms with Gasteiger partial charge in [-0.3, -0.25) is 0 Å². The Labute approximate surface area is 267 Å². The van der Waals surface area contributed by atoms with E-state index in [0.29, 0.717) is 5.92 Å². The molecule has 1 atom stereocenters. The quantitative estimate of drug-likeness (QED) is 0.155. The molecular formula is C43H40N2. The molecule has 1 unspecified atom stereocenters. The van der Waals surface area contributed by atoms with Crippen LogP contribution in [0.5, 0.6) is 0 Å². The van der Waals surface area contributed by atoms with Gasteiger partial charge in [0.05, 0.1) is 11.0 Å². The molecule has 45 heavy (non-hydrogen) atoms. The van der Waals surface area contributed by atoms with E-state index in [9.17, 15) is 0 Å². The van der Waals surface area contributed by atoms with Gasteiger partial charge in [0.2, 0.25) is 0 Å². The largest absolute Gasteiger partial charge is 0.311 e. The molecule has 2 heteroatoms. The van der Waals surface area contributed by atoms with Gasteiger partial charge in [-0.2, -0.15) is 0 Å². The number of hydrogen-bond acceptors (Lipinski definition) is 1. The molecule has 0 saturated heterocycles. The standard InChI is InChI=1S/C43H40N2/c1-3-5-15-32(4-2)34-22-28-42-40(30-34)41-31-35(33-16-9-6-10-17-33)23-29-43(41)45(42)39-26-24-38(25-27-39)44(36-18-11-7-12-19-36)37-20-13-8-14-21-37/h6-14,16-32H,3-5,15H2,1-2H3. The van der Waals surface area contributed by atoms with Crippen molar-refractivity contribution in [2.45, 2.75) is 45.4 Å². The van der Waals surface area contributed by atoms with Crippen LogP contribution in [0.4, 0.5) is 17.1 Å². The van der Waals surface area contributed by atoms with Crippen LogP contribution in [0.3, 0.4) is 0 Å². The fraction of sp³-hybridized carbons (Fsp3) is 0.163. The summed E-state index contributed by atoms with van der Waals surface area (Å²) in [6.45, 7) is 4.62. The molecule has 0 amide bonds. The highest BCUT2D eigenvalue weighted by atomic mass is 15.1. The van der Waals surface area contributed by atoms with E-state index < -0.39 is 0 Å². The summed E-state index contributed by atoms with van der Waals surface area (Å²) in [6.07, 6.45) is 4.92. The Morgan fingerprint density at radius 2 is 1.09 bits per heavy atom. The lowest BCUT2D eigenvalue weighted by Crippen LogP contribution is -2.09. The third-order valence-corrected chi connectivity index (χ3v) is 9.16. The van der Waals surface area contributed by atoms with Crippen LogP contribution in [-0.4, -0.2) is 4.57 Å². The van der Waals surface area contributed by atoms with Crippen molar-refractivity contribution in [3.05, 3.63) is 157 Å². The molecule has 6 aromatic carbocycles. The lowest BCUT2D eigenvalue weighted by atomic mass is 9.90. The second kappa shape index (κ2) is 12.9. The number of anilines is 3. The monoisotopic (exact) mass is 584 g/mol.